The second-order valence-electron chi connectivity index (χ2n) is 4.53. The predicted octanol–water partition coefficient (Wildman–Crippen LogP) is 3.14. The fraction of sp³-hybridized carbons (Fsp3) is 0.286. The zero-order chi connectivity index (χ0) is 14.9. The third kappa shape index (κ3) is 2.41. The zero-order valence-corrected chi connectivity index (χ0v) is 12.1. The van der Waals surface area contributed by atoms with E-state index in [0.29, 0.717) is 22.1 Å². The first-order valence-corrected chi connectivity index (χ1v) is 6.49. The molecule has 0 spiro atoms. The van der Waals surface area contributed by atoms with Crippen molar-refractivity contribution in [1.29, 1.82) is 0 Å². The molecule has 0 radical (unpaired) electrons. The molecule has 0 saturated carbocycles. The van der Waals surface area contributed by atoms with Crippen molar-refractivity contribution in [3.8, 4) is 0 Å². The van der Waals surface area contributed by atoms with Crippen molar-refractivity contribution in [2.45, 2.75) is 13.3 Å². The van der Waals surface area contributed by atoms with Crippen molar-refractivity contribution < 1.29 is 9.18 Å². The van der Waals surface area contributed by atoms with Gasteiger partial charge in [-0.2, -0.15) is 0 Å². The molecule has 6 heteroatoms. The second kappa shape index (κ2) is 5.63. The summed E-state index contributed by atoms with van der Waals surface area (Å²) in [6, 6.07) is 1.81. The largest absolute Gasteiger partial charge is 0.337 e. The lowest BCUT2D eigenvalue weighted by Gasteiger charge is -2.09. The van der Waals surface area contributed by atoms with E-state index in [4.69, 9.17) is 11.6 Å². The highest BCUT2D eigenvalue weighted by Gasteiger charge is 2.20. The fourth-order valence-corrected chi connectivity index (χ4v) is 2.54. The first kappa shape index (κ1) is 14.5. The Morgan fingerprint density at radius 2 is 2.30 bits per heavy atom. The van der Waals surface area contributed by atoms with Gasteiger partial charge in [-0.15, -0.1) is 0 Å². The fourth-order valence-electron chi connectivity index (χ4n) is 2.26. The van der Waals surface area contributed by atoms with Crippen LogP contribution in [0.15, 0.2) is 24.5 Å². The molecule has 2 heterocycles. The minimum Gasteiger partial charge on any atom is -0.337 e. The van der Waals surface area contributed by atoms with Crippen LogP contribution in [0, 0.1) is 6.92 Å². The molecule has 2 aromatic heterocycles. The summed E-state index contributed by atoms with van der Waals surface area (Å²) in [5.74, 6) is -0.323. The molecule has 2 aromatic rings. The number of rotatable bonds is 4. The van der Waals surface area contributed by atoms with Crippen LogP contribution >= 0.6 is 11.6 Å². The topological polar surface area (TPSA) is 46.9 Å². The van der Waals surface area contributed by atoms with Crippen LogP contribution in [0.5, 0.6) is 0 Å². The maximum absolute atomic E-state index is 12.3. The van der Waals surface area contributed by atoms with Crippen LogP contribution in [0.3, 0.4) is 0 Å². The molecule has 4 nitrogen and oxygen atoms in total. The van der Waals surface area contributed by atoms with Gasteiger partial charge in [0.25, 0.3) is 5.91 Å². The van der Waals surface area contributed by atoms with Crippen LogP contribution in [-0.2, 0) is 7.05 Å². The van der Waals surface area contributed by atoms with Gasteiger partial charge in [0.15, 0.2) is 5.15 Å². The number of hydrogen-bond acceptors (Lipinski definition) is 2. The maximum atomic E-state index is 12.3. The quantitative estimate of drug-likeness (QED) is 0.881. The van der Waals surface area contributed by atoms with Gasteiger partial charge in [-0.05, 0) is 18.6 Å². The third-order valence-electron chi connectivity index (χ3n) is 3.21. The van der Waals surface area contributed by atoms with Gasteiger partial charge >= 0.3 is 0 Å². The summed E-state index contributed by atoms with van der Waals surface area (Å²) in [5.41, 5.74) is 2.33. The average molecular weight is 296 g/mol. The molecule has 0 aliphatic carbocycles. The molecule has 0 unspecified atom stereocenters. The van der Waals surface area contributed by atoms with Crippen molar-refractivity contribution in [2.75, 3.05) is 6.67 Å². The van der Waals surface area contributed by atoms with E-state index in [1.165, 1.54) is 0 Å². The number of halogens is 2. The molecular formula is C14H15ClFN3O. The van der Waals surface area contributed by atoms with E-state index in [2.05, 4.69) is 16.9 Å². The summed E-state index contributed by atoms with van der Waals surface area (Å²) in [6.07, 6.45) is 1.71. The summed E-state index contributed by atoms with van der Waals surface area (Å²) in [7, 11) is 1.75. The number of nitrogens with one attached hydrogen (secondary N) is 1. The molecule has 0 bridgehead atoms. The molecule has 2 rings (SSSR count). The molecule has 0 saturated heterocycles. The third-order valence-corrected chi connectivity index (χ3v) is 3.49. The number of aromatic nitrogens is 2. The van der Waals surface area contributed by atoms with Gasteiger partial charge in [-0.25, -0.2) is 4.98 Å². The van der Waals surface area contributed by atoms with Gasteiger partial charge < -0.3 is 9.88 Å². The molecule has 1 N–H and O–H groups in total. The van der Waals surface area contributed by atoms with Gasteiger partial charge in [0.2, 0.25) is 0 Å². The molecule has 20 heavy (non-hydrogen) atoms. The van der Waals surface area contributed by atoms with Crippen molar-refractivity contribution in [2.24, 2.45) is 7.05 Å². The lowest BCUT2D eigenvalue weighted by molar-refractivity contribution is 0.0956. The average Bonchev–Trinajstić information content (AvgIpc) is 2.63. The SMILES string of the molecule is C=C(CCF)NC(=O)c1c(C)c2ccnc(Cl)c2n1C. The van der Waals surface area contributed by atoms with E-state index in [-0.39, 0.29) is 12.3 Å². The smallest absolute Gasteiger partial charge is 0.272 e. The number of carbonyl (C=O) groups excluding carboxylic acids is 1. The molecule has 0 fully saturated rings. The zero-order valence-electron chi connectivity index (χ0n) is 11.3. The van der Waals surface area contributed by atoms with Crippen molar-refractivity contribution in [1.82, 2.24) is 14.9 Å². The standard InChI is InChI=1S/C14H15ClFN3O/c1-8(4-6-16)18-14(20)11-9(2)10-5-7-17-13(15)12(10)19(11)3/h5,7H,1,4,6H2,2-3H3,(H,18,20). The number of hydrogen-bond donors (Lipinski definition) is 1. The summed E-state index contributed by atoms with van der Waals surface area (Å²) in [4.78, 5) is 16.3. The van der Waals surface area contributed by atoms with Crippen molar-refractivity contribution >= 4 is 28.4 Å². The molecule has 1 amide bonds. The van der Waals surface area contributed by atoms with E-state index in [9.17, 15) is 9.18 Å². The highest BCUT2D eigenvalue weighted by Crippen LogP contribution is 2.28. The number of pyridine rings is 1. The number of fused-ring (bicyclic) bond motifs is 1. The highest BCUT2D eigenvalue weighted by atomic mass is 35.5. The first-order chi connectivity index (χ1) is 9.47. The van der Waals surface area contributed by atoms with E-state index in [0.717, 1.165) is 10.9 Å². The van der Waals surface area contributed by atoms with Gasteiger partial charge in [0.1, 0.15) is 5.69 Å². The molecule has 0 aliphatic heterocycles. The molecule has 0 aromatic carbocycles. The lowest BCUT2D eigenvalue weighted by atomic mass is 10.2. The van der Waals surface area contributed by atoms with Crippen LogP contribution < -0.4 is 5.32 Å². The highest BCUT2D eigenvalue weighted by molar-refractivity contribution is 6.34. The predicted molar refractivity (Wildman–Crippen MR) is 77.7 cm³/mol. The monoisotopic (exact) mass is 295 g/mol. The number of nitrogens with zero attached hydrogens (tertiary/aromatic N) is 2. The van der Waals surface area contributed by atoms with Crippen LogP contribution in [0.2, 0.25) is 5.15 Å². The number of aryl methyl sites for hydroxylation is 2. The number of carbonyl (C=O) groups is 1. The number of amides is 1. The van der Waals surface area contributed by atoms with Crippen molar-refractivity contribution in [3.63, 3.8) is 0 Å². The Labute approximate surface area is 121 Å². The summed E-state index contributed by atoms with van der Waals surface area (Å²) in [5, 5.41) is 3.81. The minimum atomic E-state index is -0.553. The summed E-state index contributed by atoms with van der Waals surface area (Å²) in [6.45, 7) is 4.91. The van der Waals surface area contributed by atoms with Gasteiger partial charge in [0.05, 0.1) is 12.2 Å². The Morgan fingerprint density at radius 3 is 2.90 bits per heavy atom. The molecule has 106 valence electrons. The summed E-state index contributed by atoms with van der Waals surface area (Å²) < 4.78 is 13.9. The molecule has 0 atom stereocenters. The summed E-state index contributed by atoms with van der Waals surface area (Å²) >= 11 is 6.08. The van der Waals surface area contributed by atoms with E-state index < -0.39 is 6.67 Å². The Hall–Kier alpha value is -1.88. The second-order valence-corrected chi connectivity index (χ2v) is 4.89. The van der Waals surface area contributed by atoms with Crippen molar-refractivity contribution in [3.05, 3.63) is 40.9 Å². The van der Waals surface area contributed by atoms with Crippen LogP contribution in [0.1, 0.15) is 22.5 Å². The van der Waals surface area contributed by atoms with Gasteiger partial charge in [-0.1, -0.05) is 18.2 Å². The molecular weight excluding hydrogens is 281 g/mol. The normalized spacial score (nSPS) is 10.8. The molecule has 0 aliphatic rings. The Morgan fingerprint density at radius 1 is 1.60 bits per heavy atom. The Balaban J connectivity index is 2.47. The maximum Gasteiger partial charge on any atom is 0.272 e. The Bertz CT molecular complexity index is 693. The van der Waals surface area contributed by atoms with Crippen LogP contribution in [-0.4, -0.2) is 22.1 Å². The Kier molecular flexibility index (Phi) is 4.09. The van der Waals surface area contributed by atoms with E-state index in [1.54, 1.807) is 17.8 Å². The van der Waals surface area contributed by atoms with Gasteiger partial charge in [-0.3, -0.25) is 9.18 Å². The van der Waals surface area contributed by atoms with Crippen LogP contribution in [0.25, 0.3) is 10.9 Å². The minimum absolute atomic E-state index is 0.108. The van der Waals surface area contributed by atoms with Crippen LogP contribution in [0.4, 0.5) is 4.39 Å². The van der Waals surface area contributed by atoms with E-state index in [1.807, 2.05) is 13.0 Å². The number of allylic oxidation sites excluding steroid dienone is 1. The van der Waals surface area contributed by atoms with Gasteiger partial charge in [0, 0.05) is 30.7 Å². The first-order valence-electron chi connectivity index (χ1n) is 6.12. The van der Waals surface area contributed by atoms with E-state index >= 15 is 0 Å². The lowest BCUT2D eigenvalue weighted by Crippen LogP contribution is -2.25. The number of alkyl halides is 1.